The van der Waals surface area contributed by atoms with E-state index < -0.39 is 6.04 Å². The highest BCUT2D eigenvalue weighted by Crippen LogP contribution is 2.29. The molecule has 1 atom stereocenters. The molecule has 8 nitrogen and oxygen atoms in total. The first-order valence-corrected chi connectivity index (χ1v) is 12.8. The number of benzene rings is 2. The van der Waals surface area contributed by atoms with Crippen molar-refractivity contribution in [3.05, 3.63) is 105 Å². The lowest BCUT2D eigenvalue weighted by atomic mass is 10.1. The third kappa shape index (κ3) is 5.52. The van der Waals surface area contributed by atoms with Crippen molar-refractivity contribution in [2.45, 2.75) is 25.9 Å². The summed E-state index contributed by atoms with van der Waals surface area (Å²) in [6, 6.07) is 14.6. The highest BCUT2D eigenvalue weighted by atomic mass is 35.5. The molecule has 2 aromatic carbocycles. The van der Waals surface area contributed by atoms with Crippen molar-refractivity contribution in [3.8, 4) is 0 Å². The fourth-order valence-corrected chi connectivity index (χ4v) is 4.81. The second-order valence-electron chi connectivity index (χ2n) is 8.68. The molecule has 0 saturated carbocycles. The van der Waals surface area contributed by atoms with Crippen LogP contribution in [0, 0.1) is 6.92 Å². The fourth-order valence-electron chi connectivity index (χ4n) is 4.07. The van der Waals surface area contributed by atoms with Crippen molar-refractivity contribution in [2.75, 3.05) is 10.6 Å². The molecule has 186 valence electrons. The largest absolute Gasteiger partial charge is 0.323 e. The molecule has 3 heterocycles. The van der Waals surface area contributed by atoms with Gasteiger partial charge in [0.25, 0.3) is 11.8 Å². The van der Waals surface area contributed by atoms with Crippen LogP contribution < -0.4 is 10.6 Å². The lowest BCUT2D eigenvalue weighted by Gasteiger charge is -2.28. The SMILES string of the molecule is Cc1ccc(NC(=O)c2ccc(CN3C(=O)c4ccc(Cl)cc4NC(=O)[C@@H]3Cc3cscn3)cc2)nc1. The van der Waals surface area contributed by atoms with Gasteiger partial charge in [-0.15, -0.1) is 11.3 Å². The van der Waals surface area contributed by atoms with Crippen LogP contribution in [-0.2, 0) is 17.8 Å². The number of aryl methyl sites for hydroxylation is 1. The van der Waals surface area contributed by atoms with Gasteiger partial charge >= 0.3 is 0 Å². The van der Waals surface area contributed by atoms with Crippen molar-refractivity contribution in [1.29, 1.82) is 0 Å². The van der Waals surface area contributed by atoms with Crippen LogP contribution in [0.15, 0.2) is 71.7 Å². The molecule has 0 saturated heterocycles. The van der Waals surface area contributed by atoms with Crippen molar-refractivity contribution in [1.82, 2.24) is 14.9 Å². The topological polar surface area (TPSA) is 104 Å². The maximum atomic E-state index is 13.6. The summed E-state index contributed by atoms with van der Waals surface area (Å²) in [5.74, 6) is -0.439. The molecule has 0 fully saturated rings. The molecule has 3 amide bonds. The van der Waals surface area contributed by atoms with E-state index in [1.54, 1.807) is 65.1 Å². The zero-order valence-corrected chi connectivity index (χ0v) is 21.3. The number of thiazole rings is 1. The van der Waals surface area contributed by atoms with E-state index in [0.29, 0.717) is 27.7 Å². The highest BCUT2D eigenvalue weighted by molar-refractivity contribution is 7.07. The lowest BCUT2D eigenvalue weighted by Crippen LogP contribution is -2.46. The molecule has 1 aliphatic heterocycles. The first kappa shape index (κ1) is 24.6. The average Bonchev–Trinajstić information content (AvgIpc) is 3.38. The van der Waals surface area contributed by atoms with E-state index in [9.17, 15) is 14.4 Å². The van der Waals surface area contributed by atoms with E-state index in [4.69, 9.17) is 11.6 Å². The Bertz CT molecular complexity index is 1460. The van der Waals surface area contributed by atoms with E-state index in [-0.39, 0.29) is 30.7 Å². The molecule has 2 N–H and O–H groups in total. The summed E-state index contributed by atoms with van der Waals surface area (Å²) in [6.07, 6.45) is 1.95. The molecule has 2 aromatic heterocycles. The number of nitrogens with zero attached hydrogens (tertiary/aromatic N) is 3. The number of fused-ring (bicyclic) bond motifs is 1. The molecule has 4 aromatic rings. The zero-order valence-electron chi connectivity index (χ0n) is 19.8. The first-order chi connectivity index (χ1) is 17.9. The van der Waals surface area contributed by atoms with E-state index in [1.165, 1.54) is 11.3 Å². The van der Waals surface area contributed by atoms with Crippen LogP contribution in [0.2, 0.25) is 5.02 Å². The number of halogens is 1. The predicted octanol–water partition coefficient (Wildman–Crippen LogP) is 4.96. The second kappa shape index (κ2) is 10.5. The molecule has 37 heavy (non-hydrogen) atoms. The maximum Gasteiger partial charge on any atom is 0.256 e. The fraction of sp³-hybridized carbons (Fsp3) is 0.148. The van der Waals surface area contributed by atoms with Gasteiger partial charge in [0.2, 0.25) is 5.91 Å². The molecular weight excluding hydrogens is 510 g/mol. The van der Waals surface area contributed by atoms with Crippen molar-refractivity contribution < 1.29 is 14.4 Å². The number of aromatic nitrogens is 2. The van der Waals surface area contributed by atoms with Gasteiger partial charge in [-0.3, -0.25) is 14.4 Å². The van der Waals surface area contributed by atoms with E-state index in [0.717, 1.165) is 16.8 Å². The Morgan fingerprint density at radius 2 is 1.92 bits per heavy atom. The normalized spacial score (nSPS) is 15.1. The number of carbonyl (C=O) groups is 3. The van der Waals surface area contributed by atoms with Gasteiger partial charge in [-0.25, -0.2) is 9.97 Å². The van der Waals surface area contributed by atoms with Crippen molar-refractivity contribution >= 4 is 52.2 Å². The van der Waals surface area contributed by atoms with Crippen LogP contribution in [0.5, 0.6) is 0 Å². The van der Waals surface area contributed by atoms with Gasteiger partial charge in [0.05, 0.1) is 22.5 Å². The van der Waals surface area contributed by atoms with Crippen LogP contribution in [0.25, 0.3) is 0 Å². The van der Waals surface area contributed by atoms with Crippen molar-refractivity contribution in [2.24, 2.45) is 0 Å². The Hall–Kier alpha value is -4.08. The molecule has 0 bridgehead atoms. The smallest absolute Gasteiger partial charge is 0.256 e. The number of nitrogens with one attached hydrogen (secondary N) is 2. The van der Waals surface area contributed by atoms with Gasteiger partial charge in [0.1, 0.15) is 11.9 Å². The zero-order chi connectivity index (χ0) is 25.9. The lowest BCUT2D eigenvalue weighted by molar-refractivity contribution is -0.120. The first-order valence-electron chi connectivity index (χ1n) is 11.5. The molecule has 1 aliphatic rings. The Morgan fingerprint density at radius 3 is 2.62 bits per heavy atom. The molecule has 0 unspecified atom stereocenters. The Kier molecular flexibility index (Phi) is 6.98. The van der Waals surface area contributed by atoms with Gasteiger partial charge in [0, 0.05) is 35.1 Å². The highest BCUT2D eigenvalue weighted by Gasteiger charge is 2.36. The number of rotatable bonds is 6. The molecule has 0 radical (unpaired) electrons. The third-order valence-electron chi connectivity index (χ3n) is 6.02. The number of carbonyl (C=O) groups excluding carboxylic acids is 3. The van der Waals surface area contributed by atoms with Gasteiger partial charge in [-0.05, 0) is 54.4 Å². The molecule has 0 aliphatic carbocycles. The maximum absolute atomic E-state index is 13.6. The Balaban J connectivity index is 1.40. The number of amides is 3. The van der Waals surface area contributed by atoms with Crippen LogP contribution in [-0.4, -0.2) is 38.6 Å². The monoisotopic (exact) mass is 531 g/mol. The standard InChI is InChI=1S/C27H22ClN5O3S/c1-16-2-9-24(29-12-16)32-25(34)18-5-3-17(4-6-18)13-33-23(11-20-14-37-15-30-20)26(35)31-22-10-19(28)7-8-21(22)27(33)36/h2-10,12,14-15,23H,11,13H2,1H3,(H,31,35)(H,29,32,34)/t23-/m0/s1. The molecule has 10 heteroatoms. The van der Waals surface area contributed by atoms with Crippen LogP contribution in [0.3, 0.4) is 0 Å². The van der Waals surface area contributed by atoms with Gasteiger partial charge < -0.3 is 15.5 Å². The van der Waals surface area contributed by atoms with E-state index in [1.807, 2.05) is 18.4 Å². The minimum atomic E-state index is -0.781. The summed E-state index contributed by atoms with van der Waals surface area (Å²) >= 11 is 7.55. The minimum Gasteiger partial charge on any atom is -0.323 e. The average molecular weight is 532 g/mol. The van der Waals surface area contributed by atoms with Gasteiger partial charge in [-0.1, -0.05) is 29.8 Å². The van der Waals surface area contributed by atoms with E-state index in [2.05, 4.69) is 20.6 Å². The summed E-state index contributed by atoms with van der Waals surface area (Å²) in [4.78, 5) is 49.6. The number of pyridine rings is 1. The summed E-state index contributed by atoms with van der Waals surface area (Å²) in [5, 5.41) is 7.91. The predicted molar refractivity (Wildman–Crippen MR) is 143 cm³/mol. The summed E-state index contributed by atoms with van der Waals surface area (Å²) in [5.41, 5.74) is 5.38. The van der Waals surface area contributed by atoms with Crippen LogP contribution in [0.1, 0.15) is 37.5 Å². The minimum absolute atomic E-state index is 0.171. The van der Waals surface area contributed by atoms with Crippen molar-refractivity contribution in [3.63, 3.8) is 0 Å². The summed E-state index contributed by atoms with van der Waals surface area (Å²) < 4.78 is 0. The van der Waals surface area contributed by atoms with Crippen LogP contribution in [0.4, 0.5) is 11.5 Å². The second-order valence-corrected chi connectivity index (χ2v) is 9.84. The number of anilines is 2. The molecule has 0 spiro atoms. The Labute approximate surface area is 222 Å². The molecular formula is C27H22ClN5O3S. The number of hydrogen-bond acceptors (Lipinski definition) is 6. The quantitative estimate of drug-likeness (QED) is 0.366. The van der Waals surface area contributed by atoms with E-state index >= 15 is 0 Å². The summed E-state index contributed by atoms with van der Waals surface area (Å²) in [6.45, 7) is 2.09. The Morgan fingerprint density at radius 1 is 1.11 bits per heavy atom. The van der Waals surface area contributed by atoms with Gasteiger partial charge in [0.15, 0.2) is 0 Å². The van der Waals surface area contributed by atoms with Crippen LogP contribution >= 0.6 is 22.9 Å². The third-order valence-corrected chi connectivity index (χ3v) is 6.89. The number of hydrogen-bond donors (Lipinski definition) is 2. The summed E-state index contributed by atoms with van der Waals surface area (Å²) in [7, 11) is 0. The van der Waals surface area contributed by atoms with Gasteiger partial charge in [-0.2, -0.15) is 0 Å². The molecule has 5 rings (SSSR count).